The highest BCUT2D eigenvalue weighted by Gasteiger charge is 2.34. The minimum Gasteiger partial charge on any atom is -0.477 e. The fraction of sp³-hybridized carbons (Fsp3) is 0.333. The summed E-state index contributed by atoms with van der Waals surface area (Å²) in [6.07, 6.45) is 2.57. The first-order chi connectivity index (χ1) is 15.7. The molecule has 0 aliphatic carbocycles. The van der Waals surface area contributed by atoms with Gasteiger partial charge in [-0.2, -0.15) is 0 Å². The van der Waals surface area contributed by atoms with Gasteiger partial charge in [0.25, 0.3) is 0 Å². The third-order valence-electron chi connectivity index (χ3n) is 5.67. The Bertz CT molecular complexity index is 1290. The van der Waals surface area contributed by atoms with Crippen LogP contribution < -0.4 is 27.1 Å². The van der Waals surface area contributed by atoms with E-state index < -0.39 is 34.6 Å². The molecular weight excluding hydrogens is 435 g/mol. The number of nitrogens with two attached hydrogens (primary N) is 2. The van der Waals surface area contributed by atoms with Crippen molar-refractivity contribution < 1.29 is 23.6 Å². The Kier molecular flexibility index (Phi) is 5.77. The highest BCUT2D eigenvalue weighted by molar-refractivity contribution is 6.00. The Morgan fingerprint density at radius 1 is 1.42 bits per heavy atom. The van der Waals surface area contributed by atoms with Crippen molar-refractivity contribution in [3.63, 3.8) is 0 Å². The molecule has 3 heterocycles. The number of amides is 1. The van der Waals surface area contributed by atoms with Crippen molar-refractivity contribution in [3.8, 4) is 5.82 Å². The summed E-state index contributed by atoms with van der Waals surface area (Å²) < 4.78 is 21.7. The van der Waals surface area contributed by atoms with Crippen LogP contribution in [0.2, 0.25) is 0 Å². The molecule has 11 nitrogen and oxygen atoms in total. The molecule has 6 N–H and O–H groups in total. The maximum atomic E-state index is 15.5. The van der Waals surface area contributed by atoms with Gasteiger partial charge in [-0.15, -0.1) is 0 Å². The van der Waals surface area contributed by atoms with E-state index in [-0.39, 0.29) is 47.2 Å². The molecule has 0 bridgehead atoms. The lowest BCUT2D eigenvalue weighted by Crippen LogP contribution is -2.45. The largest absolute Gasteiger partial charge is 0.477 e. The van der Waals surface area contributed by atoms with Gasteiger partial charge in [0.2, 0.25) is 11.3 Å². The fourth-order valence-corrected chi connectivity index (χ4v) is 4.19. The lowest BCUT2D eigenvalue weighted by Gasteiger charge is -2.29. The van der Waals surface area contributed by atoms with Crippen molar-refractivity contribution in [2.45, 2.75) is 25.9 Å². The van der Waals surface area contributed by atoms with E-state index in [1.54, 1.807) is 4.90 Å². The number of pyridine rings is 1. The Labute approximate surface area is 186 Å². The van der Waals surface area contributed by atoms with Crippen LogP contribution in [0.5, 0.6) is 0 Å². The molecule has 174 valence electrons. The van der Waals surface area contributed by atoms with Crippen LogP contribution in [0.15, 0.2) is 33.9 Å². The number of rotatable bonds is 6. The number of fused-ring (bicyclic) bond motifs is 1. The summed E-state index contributed by atoms with van der Waals surface area (Å²) in [6.45, 7) is 2.58. The number of halogens is 1. The molecule has 1 aromatic carbocycles. The molecule has 1 aliphatic heterocycles. The smallest absolute Gasteiger partial charge is 0.341 e. The van der Waals surface area contributed by atoms with Crippen LogP contribution in [0.3, 0.4) is 0 Å². The third-order valence-corrected chi connectivity index (χ3v) is 5.67. The summed E-state index contributed by atoms with van der Waals surface area (Å²) >= 11 is 0. The van der Waals surface area contributed by atoms with Gasteiger partial charge in [0.05, 0.1) is 22.3 Å². The number of carboxylic acid groups (broad SMARTS) is 1. The summed E-state index contributed by atoms with van der Waals surface area (Å²) in [4.78, 5) is 38.3. The fourth-order valence-electron chi connectivity index (χ4n) is 4.19. The zero-order valence-electron chi connectivity index (χ0n) is 17.7. The van der Waals surface area contributed by atoms with E-state index in [1.807, 2.05) is 6.92 Å². The first kappa shape index (κ1) is 22.3. The molecule has 0 radical (unpaired) electrons. The van der Waals surface area contributed by atoms with Gasteiger partial charge in [-0.25, -0.2) is 9.18 Å². The van der Waals surface area contributed by atoms with E-state index in [4.69, 9.17) is 16.0 Å². The van der Waals surface area contributed by atoms with Crippen molar-refractivity contribution in [2.75, 3.05) is 23.7 Å². The number of hydrogen-bond acceptors (Lipinski definition) is 8. The average Bonchev–Trinajstić information content (AvgIpc) is 3.40. The molecule has 33 heavy (non-hydrogen) atoms. The van der Waals surface area contributed by atoms with Gasteiger partial charge >= 0.3 is 5.97 Å². The summed E-state index contributed by atoms with van der Waals surface area (Å²) in [6, 6.07) is 2.87. The maximum absolute atomic E-state index is 15.5. The van der Waals surface area contributed by atoms with Gasteiger partial charge in [0, 0.05) is 31.8 Å². The molecule has 1 amide bonds. The Morgan fingerprint density at radius 3 is 2.82 bits per heavy atom. The molecule has 12 heteroatoms. The average molecular weight is 458 g/mol. The van der Waals surface area contributed by atoms with Crippen molar-refractivity contribution in [2.24, 2.45) is 11.7 Å². The number of benzene rings is 1. The molecule has 4 rings (SSSR count). The van der Waals surface area contributed by atoms with Gasteiger partial charge < -0.3 is 31.3 Å². The van der Waals surface area contributed by atoms with Crippen LogP contribution in [-0.4, -0.2) is 46.0 Å². The van der Waals surface area contributed by atoms with Gasteiger partial charge in [-0.1, -0.05) is 12.1 Å². The second kappa shape index (κ2) is 8.54. The lowest BCUT2D eigenvalue weighted by molar-refractivity contribution is -0.121. The lowest BCUT2D eigenvalue weighted by atomic mass is 10.1. The standard InChI is InChI=1S/C21H23FN6O5/c1-10-6-15(25-16(29)2-4-23)27(8-10)13-7-12-17(19(24)18(13)22)20(30)11(21(31)32)9-28(12)14-3-5-33-26-14/h3,5,7,9-10,15H,2,4,6,8,23-24H2,1H3,(H,25,29)(H,31,32). The molecule has 0 spiro atoms. The first-order valence-corrected chi connectivity index (χ1v) is 10.3. The Morgan fingerprint density at radius 2 is 2.18 bits per heavy atom. The van der Waals surface area contributed by atoms with E-state index in [9.17, 15) is 19.5 Å². The van der Waals surface area contributed by atoms with Crippen LogP contribution >= 0.6 is 0 Å². The monoisotopic (exact) mass is 458 g/mol. The van der Waals surface area contributed by atoms with E-state index >= 15 is 4.39 Å². The summed E-state index contributed by atoms with van der Waals surface area (Å²) in [5.74, 6) is -2.31. The minimum absolute atomic E-state index is 0.0714. The second-order valence-corrected chi connectivity index (χ2v) is 8.04. The predicted octanol–water partition coefficient (Wildman–Crippen LogP) is 1.04. The van der Waals surface area contributed by atoms with Crippen LogP contribution in [0.25, 0.3) is 16.7 Å². The first-order valence-electron chi connectivity index (χ1n) is 10.3. The second-order valence-electron chi connectivity index (χ2n) is 8.04. The van der Waals surface area contributed by atoms with Crippen LogP contribution in [0, 0.1) is 11.7 Å². The summed E-state index contributed by atoms with van der Waals surface area (Å²) in [7, 11) is 0. The van der Waals surface area contributed by atoms with Gasteiger partial charge in [-0.3, -0.25) is 14.2 Å². The van der Waals surface area contributed by atoms with E-state index in [0.717, 1.165) is 6.20 Å². The number of carbonyl (C=O) groups is 2. The van der Waals surface area contributed by atoms with Crippen LogP contribution in [0.1, 0.15) is 30.1 Å². The molecule has 2 unspecified atom stereocenters. The van der Waals surface area contributed by atoms with E-state index in [2.05, 4.69) is 10.5 Å². The highest BCUT2D eigenvalue weighted by atomic mass is 19.1. The normalized spacial score (nSPS) is 18.1. The number of hydrogen-bond donors (Lipinski definition) is 4. The van der Waals surface area contributed by atoms with Crippen molar-refractivity contribution >= 4 is 34.2 Å². The zero-order valence-corrected chi connectivity index (χ0v) is 17.7. The number of aromatic carboxylic acids is 1. The molecule has 1 fully saturated rings. The minimum atomic E-state index is -1.49. The third kappa shape index (κ3) is 3.89. The maximum Gasteiger partial charge on any atom is 0.341 e. The van der Waals surface area contributed by atoms with Crippen molar-refractivity contribution in [3.05, 3.63) is 46.2 Å². The topological polar surface area (TPSA) is 170 Å². The number of nitrogens with one attached hydrogen (secondary N) is 1. The summed E-state index contributed by atoms with van der Waals surface area (Å²) in [5, 5.41) is 15.9. The molecule has 0 saturated carbocycles. The predicted molar refractivity (Wildman–Crippen MR) is 118 cm³/mol. The number of carbonyl (C=O) groups excluding carboxylic acids is 1. The molecule has 1 aliphatic rings. The van der Waals surface area contributed by atoms with Gasteiger partial charge in [-0.05, 0) is 18.4 Å². The van der Waals surface area contributed by atoms with Crippen molar-refractivity contribution in [1.82, 2.24) is 15.0 Å². The number of carboxylic acids is 1. The Balaban J connectivity index is 1.94. The van der Waals surface area contributed by atoms with Crippen LogP contribution in [0.4, 0.5) is 15.8 Å². The Hall–Kier alpha value is -3.93. The van der Waals surface area contributed by atoms with Gasteiger partial charge in [0.15, 0.2) is 11.6 Å². The number of nitrogens with zero attached hydrogens (tertiary/aromatic N) is 3. The number of aromatic nitrogens is 2. The zero-order chi connectivity index (χ0) is 23.9. The molecular formula is C21H23FN6O5. The van der Waals surface area contributed by atoms with E-state index in [1.165, 1.54) is 23.0 Å². The summed E-state index contributed by atoms with van der Waals surface area (Å²) in [5.41, 5.74) is 9.74. The SMILES string of the molecule is CC1CC(NC(=O)CCN)N(c2cc3c(c(N)c2F)c(=O)c(C(=O)O)cn3-c2ccon2)C1. The molecule has 2 atom stereocenters. The quantitative estimate of drug-likeness (QED) is 0.394. The van der Waals surface area contributed by atoms with Gasteiger partial charge in [0.1, 0.15) is 18.0 Å². The molecule has 1 saturated heterocycles. The molecule has 2 aromatic heterocycles. The number of anilines is 2. The van der Waals surface area contributed by atoms with Crippen molar-refractivity contribution in [1.29, 1.82) is 0 Å². The highest BCUT2D eigenvalue weighted by Crippen LogP contribution is 2.36. The number of nitrogen functional groups attached to an aromatic ring is 1. The molecule has 3 aromatic rings. The van der Waals surface area contributed by atoms with E-state index in [0.29, 0.717) is 13.0 Å². The van der Waals surface area contributed by atoms with Crippen LogP contribution in [-0.2, 0) is 4.79 Å².